The van der Waals surface area contributed by atoms with E-state index in [0.29, 0.717) is 21.8 Å². The molecule has 1 aliphatic rings. The number of carboxylic acid groups (broad SMARTS) is 1. The Bertz CT molecular complexity index is 1360. The van der Waals surface area contributed by atoms with E-state index in [4.69, 9.17) is 0 Å². The van der Waals surface area contributed by atoms with Crippen molar-refractivity contribution in [3.63, 3.8) is 0 Å². The van der Waals surface area contributed by atoms with Crippen LogP contribution in [0.25, 0.3) is 11.1 Å². The molecule has 0 atom stereocenters. The van der Waals surface area contributed by atoms with Gasteiger partial charge in [-0.25, -0.2) is 4.79 Å². The number of hydrogen-bond acceptors (Lipinski definition) is 4. The van der Waals surface area contributed by atoms with Gasteiger partial charge in [-0.15, -0.1) is 11.3 Å². The molecule has 0 unspecified atom stereocenters. The third-order valence-electron chi connectivity index (χ3n) is 6.18. The number of carboxylic acids is 1. The summed E-state index contributed by atoms with van der Waals surface area (Å²) in [5, 5.41) is 23.2. The van der Waals surface area contributed by atoms with Gasteiger partial charge in [-0.2, -0.15) is 5.26 Å². The highest BCUT2D eigenvalue weighted by molar-refractivity contribution is 7.15. The maximum Gasteiger partial charge on any atom is 0.339 e. The number of aryl methyl sites for hydroxylation is 4. The summed E-state index contributed by atoms with van der Waals surface area (Å²) in [7, 11) is 0. The molecule has 0 fully saturated rings. The highest BCUT2D eigenvalue weighted by Crippen LogP contribution is 2.39. The Morgan fingerprint density at radius 1 is 1.09 bits per heavy atom. The van der Waals surface area contributed by atoms with Crippen LogP contribution in [0.4, 0.5) is 5.69 Å². The van der Waals surface area contributed by atoms with Gasteiger partial charge in [0.2, 0.25) is 0 Å². The molecule has 6 nitrogen and oxygen atoms in total. The van der Waals surface area contributed by atoms with Gasteiger partial charge in [0, 0.05) is 22.0 Å². The molecule has 2 aromatic heterocycles. The van der Waals surface area contributed by atoms with E-state index in [2.05, 4.69) is 5.32 Å². The molecule has 0 bridgehead atoms. The predicted octanol–water partition coefficient (Wildman–Crippen LogP) is 5.90. The van der Waals surface area contributed by atoms with Crippen LogP contribution in [0, 0.1) is 39.0 Å². The lowest BCUT2D eigenvalue weighted by molar-refractivity contribution is -0.112. The number of benzene rings is 1. The summed E-state index contributed by atoms with van der Waals surface area (Å²) >= 11 is 1.54. The maximum atomic E-state index is 12.8. The molecule has 0 spiro atoms. The second kappa shape index (κ2) is 9.32. The summed E-state index contributed by atoms with van der Waals surface area (Å²) in [5.74, 6) is -1.39. The minimum Gasteiger partial charge on any atom is -0.478 e. The summed E-state index contributed by atoms with van der Waals surface area (Å²) in [5.41, 5.74) is 6.38. The third-order valence-corrected chi connectivity index (χ3v) is 7.46. The Hall–Kier alpha value is -3.63. The van der Waals surface area contributed by atoms with E-state index >= 15 is 0 Å². The normalized spacial score (nSPS) is 13.3. The first-order chi connectivity index (χ1) is 16.2. The second-order valence-electron chi connectivity index (χ2n) is 8.86. The van der Waals surface area contributed by atoms with Crippen molar-refractivity contribution in [1.29, 1.82) is 5.26 Å². The largest absolute Gasteiger partial charge is 0.478 e. The Morgan fingerprint density at radius 3 is 2.41 bits per heavy atom. The zero-order valence-electron chi connectivity index (χ0n) is 19.8. The molecule has 4 rings (SSSR count). The van der Waals surface area contributed by atoms with Crippen LogP contribution in [0.5, 0.6) is 0 Å². The Kier molecular flexibility index (Phi) is 6.45. The molecule has 0 saturated heterocycles. The van der Waals surface area contributed by atoms with Crippen LogP contribution in [0.3, 0.4) is 0 Å². The molecule has 174 valence electrons. The quantitative estimate of drug-likeness (QED) is 0.356. The first-order valence-electron chi connectivity index (χ1n) is 11.3. The smallest absolute Gasteiger partial charge is 0.339 e. The minimum atomic E-state index is -0.912. The number of carbonyl (C=O) groups excluding carboxylic acids is 1. The first kappa shape index (κ1) is 23.5. The molecule has 3 aromatic rings. The summed E-state index contributed by atoms with van der Waals surface area (Å²) < 4.78 is 1.94. The van der Waals surface area contributed by atoms with Gasteiger partial charge >= 0.3 is 5.97 Å². The number of anilines is 1. The number of aromatic nitrogens is 1. The van der Waals surface area contributed by atoms with Crippen molar-refractivity contribution >= 4 is 35.0 Å². The topological polar surface area (TPSA) is 95.1 Å². The van der Waals surface area contributed by atoms with Crippen LogP contribution in [0.1, 0.15) is 61.7 Å². The molecular formula is C27H27N3O3S. The standard InChI is InChI=1S/C27H27N3O3S/c1-15-9-16(2)11-21(10-15)29-25(31)20(14-28)13-19-12-17(3)30(18(19)4)26-24(27(32)33)22-7-5-6-8-23(22)34-26/h9-13H,5-8H2,1-4H3,(H,29,31)(H,32,33). The van der Waals surface area contributed by atoms with Crippen molar-refractivity contribution in [3.05, 3.63) is 73.9 Å². The number of nitrogens with one attached hydrogen (secondary N) is 1. The predicted molar refractivity (Wildman–Crippen MR) is 135 cm³/mol. The van der Waals surface area contributed by atoms with Crippen LogP contribution >= 0.6 is 11.3 Å². The average Bonchev–Trinajstić information content (AvgIpc) is 3.27. The van der Waals surface area contributed by atoms with Crippen LogP contribution in [0.2, 0.25) is 0 Å². The van der Waals surface area contributed by atoms with Crippen LogP contribution in [0.15, 0.2) is 29.8 Å². The van der Waals surface area contributed by atoms with Gasteiger partial charge in [0.05, 0.1) is 5.56 Å². The molecule has 0 aliphatic heterocycles. The zero-order chi connectivity index (χ0) is 24.6. The van der Waals surface area contributed by atoms with E-state index in [9.17, 15) is 20.0 Å². The highest BCUT2D eigenvalue weighted by atomic mass is 32.1. The molecule has 0 saturated carbocycles. The second-order valence-corrected chi connectivity index (χ2v) is 9.94. The van der Waals surface area contributed by atoms with Crippen molar-refractivity contribution in [1.82, 2.24) is 4.57 Å². The van der Waals surface area contributed by atoms with E-state index in [1.807, 2.05) is 62.6 Å². The Morgan fingerprint density at radius 2 is 1.76 bits per heavy atom. The minimum absolute atomic E-state index is 0.0108. The van der Waals surface area contributed by atoms with Crippen LogP contribution in [-0.2, 0) is 17.6 Å². The van der Waals surface area contributed by atoms with Crippen molar-refractivity contribution in [3.8, 4) is 11.1 Å². The lowest BCUT2D eigenvalue weighted by Gasteiger charge is -2.11. The van der Waals surface area contributed by atoms with Gasteiger partial charge < -0.3 is 15.0 Å². The van der Waals surface area contributed by atoms with Gasteiger partial charge in [0.15, 0.2) is 0 Å². The van der Waals surface area contributed by atoms with Crippen molar-refractivity contribution < 1.29 is 14.7 Å². The SMILES string of the molecule is Cc1cc(C)cc(NC(=O)C(C#N)=Cc2cc(C)n(-c3sc4c(c3C(=O)O)CCCC4)c2C)c1. The summed E-state index contributed by atoms with van der Waals surface area (Å²) in [6.07, 6.45) is 5.35. The molecule has 1 aliphatic carbocycles. The zero-order valence-corrected chi connectivity index (χ0v) is 20.6. The molecule has 0 radical (unpaired) electrons. The fraction of sp³-hybridized carbons (Fsp3) is 0.296. The highest BCUT2D eigenvalue weighted by Gasteiger charge is 2.27. The number of nitriles is 1. The lowest BCUT2D eigenvalue weighted by atomic mass is 9.95. The Labute approximate surface area is 203 Å². The lowest BCUT2D eigenvalue weighted by Crippen LogP contribution is -2.13. The monoisotopic (exact) mass is 473 g/mol. The van der Waals surface area contributed by atoms with Crippen LogP contribution < -0.4 is 5.32 Å². The summed E-state index contributed by atoms with van der Waals surface area (Å²) in [4.78, 5) is 26.2. The number of aromatic carboxylic acids is 1. The van der Waals surface area contributed by atoms with Crippen molar-refractivity contribution in [2.24, 2.45) is 0 Å². The Balaban J connectivity index is 1.72. The van der Waals surface area contributed by atoms with E-state index in [1.165, 1.54) is 11.3 Å². The van der Waals surface area contributed by atoms with E-state index in [0.717, 1.165) is 58.6 Å². The van der Waals surface area contributed by atoms with Gasteiger partial charge in [-0.1, -0.05) is 6.07 Å². The number of nitrogens with zero attached hydrogens (tertiary/aromatic N) is 2. The molecule has 1 amide bonds. The van der Waals surface area contributed by atoms with Crippen molar-refractivity contribution in [2.75, 3.05) is 5.32 Å². The fourth-order valence-corrected chi connectivity index (χ4v) is 6.22. The van der Waals surface area contributed by atoms with Crippen LogP contribution in [-0.4, -0.2) is 21.6 Å². The average molecular weight is 474 g/mol. The van der Waals surface area contributed by atoms with E-state index in [1.54, 1.807) is 6.08 Å². The molecule has 2 heterocycles. The number of carbonyl (C=O) groups is 2. The number of thiophene rings is 1. The third kappa shape index (κ3) is 4.42. The number of fused-ring (bicyclic) bond motifs is 1. The van der Waals surface area contributed by atoms with Crippen molar-refractivity contribution in [2.45, 2.75) is 53.4 Å². The fourth-order valence-electron chi connectivity index (χ4n) is 4.73. The number of amides is 1. The maximum absolute atomic E-state index is 12.8. The summed E-state index contributed by atoms with van der Waals surface area (Å²) in [6, 6.07) is 9.63. The molecule has 7 heteroatoms. The van der Waals surface area contributed by atoms with E-state index in [-0.39, 0.29) is 5.57 Å². The van der Waals surface area contributed by atoms with Gasteiger partial charge in [-0.3, -0.25) is 4.79 Å². The summed E-state index contributed by atoms with van der Waals surface area (Å²) in [6.45, 7) is 7.70. The first-order valence-corrected chi connectivity index (χ1v) is 12.1. The molecular weight excluding hydrogens is 446 g/mol. The van der Waals surface area contributed by atoms with Gasteiger partial charge in [-0.05, 0) is 99.9 Å². The number of rotatable bonds is 5. The van der Waals surface area contributed by atoms with E-state index < -0.39 is 11.9 Å². The van der Waals surface area contributed by atoms with Gasteiger partial charge in [0.1, 0.15) is 16.6 Å². The molecule has 34 heavy (non-hydrogen) atoms. The molecule has 2 N–H and O–H groups in total. The number of hydrogen-bond donors (Lipinski definition) is 2. The molecule has 1 aromatic carbocycles. The van der Waals surface area contributed by atoms with Gasteiger partial charge in [0.25, 0.3) is 5.91 Å².